The van der Waals surface area contributed by atoms with Crippen molar-refractivity contribution in [2.75, 3.05) is 0 Å². The first-order chi connectivity index (χ1) is 10.9. The van der Waals surface area contributed by atoms with Crippen molar-refractivity contribution < 1.29 is 24.0 Å². The van der Waals surface area contributed by atoms with E-state index in [1.165, 1.54) is 6.92 Å². The average Bonchev–Trinajstić information content (AvgIpc) is 3.22. The van der Waals surface area contributed by atoms with Gasteiger partial charge in [0.15, 0.2) is 6.23 Å². The summed E-state index contributed by atoms with van der Waals surface area (Å²) in [6.45, 7) is 3.24. The standard InChI is InChI=1S/C16H20N2O5/c1-11(19)18-23-14(21)10-13(20)22-15(17-16(2)8-9-16)12-6-4-3-5-7-12/h3-7,15,17H,8-10H2,1-2H3,(H,18,19). The molecule has 1 fully saturated rings. The van der Waals surface area contributed by atoms with Crippen molar-refractivity contribution in [2.24, 2.45) is 0 Å². The summed E-state index contributed by atoms with van der Waals surface area (Å²) >= 11 is 0. The van der Waals surface area contributed by atoms with Gasteiger partial charge in [-0.2, -0.15) is 5.48 Å². The first kappa shape index (κ1) is 17.0. The van der Waals surface area contributed by atoms with Gasteiger partial charge in [0.1, 0.15) is 6.42 Å². The van der Waals surface area contributed by atoms with Crippen molar-refractivity contribution in [3.63, 3.8) is 0 Å². The first-order valence-corrected chi connectivity index (χ1v) is 7.36. The Morgan fingerprint density at radius 3 is 2.39 bits per heavy atom. The van der Waals surface area contributed by atoms with Gasteiger partial charge in [-0.1, -0.05) is 30.3 Å². The number of carbonyl (C=O) groups is 3. The van der Waals surface area contributed by atoms with Crippen molar-refractivity contribution in [3.05, 3.63) is 35.9 Å². The molecule has 0 aliphatic heterocycles. The molecular weight excluding hydrogens is 300 g/mol. The third-order valence-electron chi connectivity index (χ3n) is 3.43. The van der Waals surface area contributed by atoms with Crippen molar-refractivity contribution in [1.82, 2.24) is 10.8 Å². The third kappa shape index (κ3) is 5.71. The van der Waals surface area contributed by atoms with Crippen LogP contribution in [-0.2, 0) is 24.0 Å². The fraction of sp³-hybridized carbons (Fsp3) is 0.438. The molecule has 2 rings (SSSR count). The van der Waals surface area contributed by atoms with Gasteiger partial charge < -0.3 is 9.57 Å². The van der Waals surface area contributed by atoms with Gasteiger partial charge >= 0.3 is 11.9 Å². The lowest BCUT2D eigenvalue weighted by atomic mass is 10.1. The van der Waals surface area contributed by atoms with E-state index in [-0.39, 0.29) is 5.54 Å². The average molecular weight is 320 g/mol. The Kier molecular flexibility index (Phi) is 5.33. The maximum atomic E-state index is 11.9. The largest absolute Gasteiger partial charge is 0.442 e. The van der Waals surface area contributed by atoms with Crippen LogP contribution in [0.3, 0.4) is 0 Å². The molecule has 1 unspecified atom stereocenters. The Labute approximate surface area is 134 Å². The highest BCUT2D eigenvalue weighted by Crippen LogP contribution is 2.37. The molecule has 124 valence electrons. The lowest BCUT2D eigenvalue weighted by molar-refractivity contribution is -0.166. The van der Waals surface area contributed by atoms with E-state index in [9.17, 15) is 14.4 Å². The summed E-state index contributed by atoms with van der Waals surface area (Å²) in [5, 5.41) is 3.27. The van der Waals surface area contributed by atoms with Crippen molar-refractivity contribution in [3.8, 4) is 0 Å². The number of hydroxylamine groups is 1. The highest BCUT2D eigenvalue weighted by molar-refractivity contribution is 5.91. The molecule has 1 aromatic rings. The van der Waals surface area contributed by atoms with E-state index < -0.39 is 30.5 Å². The van der Waals surface area contributed by atoms with E-state index >= 15 is 0 Å². The second-order valence-electron chi connectivity index (χ2n) is 5.79. The maximum absolute atomic E-state index is 11.9. The van der Waals surface area contributed by atoms with Gasteiger partial charge in [0.2, 0.25) is 5.91 Å². The lowest BCUT2D eigenvalue weighted by Crippen LogP contribution is -2.35. The van der Waals surface area contributed by atoms with E-state index in [2.05, 4.69) is 10.2 Å². The summed E-state index contributed by atoms with van der Waals surface area (Å²) in [5.41, 5.74) is 2.61. The number of benzene rings is 1. The maximum Gasteiger partial charge on any atom is 0.343 e. The van der Waals surface area contributed by atoms with E-state index in [1.807, 2.05) is 42.7 Å². The Morgan fingerprint density at radius 2 is 1.83 bits per heavy atom. The highest BCUT2D eigenvalue weighted by Gasteiger charge is 2.40. The third-order valence-corrected chi connectivity index (χ3v) is 3.43. The van der Waals surface area contributed by atoms with Gasteiger partial charge in [0.25, 0.3) is 0 Å². The summed E-state index contributed by atoms with van der Waals surface area (Å²) in [4.78, 5) is 38.4. The molecular formula is C16H20N2O5. The zero-order valence-electron chi connectivity index (χ0n) is 13.1. The van der Waals surface area contributed by atoms with E-state index in [4.69, 9.17) is 4.74 Å². The predicted molar refractivity (Wildman–Crippen MR) is 80.6 cm³/mol. The Bertz CT molecular complexity index is 583. The van der Waals surface area contributed by atoms with Crippen LogP contribution in [0.2, 0.25) is 0 Å². The molecule has 23 heavy (non-hydrogen) atoms. The van der Waals surface area contributed by atoms with Gasteiger partial charge in [0, 0.05) is 18.0 Å². The monoisotopic (exact) mass is 320 g/mol. The number of amides is 1. The molecule has 0 aromatic heterocycles. The molecule has 0 saturated heterocycles. The molecule has 1 aromatic carbocycles. The molecule has 7 heteroatoms. The molecule has 1 amide bonds. The summed E-state index contributed by atoms with van der Waals surface area (Å²) in [5.74, 6) is -2.14. The van der Waals surface area contributed by atoms with Crippen LogP contribution in [0.1, 0.15) is 44.9 Å². The zero-order chi connectivity index (χ0) is 16.9. The smallest absolute Gasteiger partial charge is 0.343 e. The molecule has 0 spiro atoms. The minimum Gasteiger partial charge on any atom is -0.442 e. The van der Waals surface area contributed by atoms with Crippen LogP contribution in [0, 0.1) is 0 Å². The Hall–Kier alpha value is -2.41. The SMILES string of the molecule is CC(=O)NOC(=O)CC(=O)OC(NC1(C)CC1)c1ccccc1. The number of ether oxygens (including phenoxy) is 1. The molecule has 1 atom stereocenters. The Balaban J connectivity index is 1.93. The van der Waals surface area contributed by atoms with Gasteiger partial charge in [-0.05, 0) is 19.8 Å². The van der Waals surface area contributed by atoms with Crippen LogP contribution >= 0.6 is 0 Å². The normalized spacial score (nSPS) is 16.1. The van der Waals surface area contributed by atoms with Crippen molar-refractivity contribution in [2.45, 2.75) is 44.9 Å². The van der Waals surface area contributed by atoms with Crippen LogP contribution in [-0.4, -0.2) is 23.4 Å². The van der Waals surface area contributed by atoms with Crippen LogP contribution in [0.4, 0.5) is 0 Å². The number of carbonyl (C=O) groups excluding carboxylic acids is 3. The first-order valence-electron chi connectivity index (χ1n) is 7.36. The number of rotatable bonds is 6. The van der Waals surface area contributed by atoms with Gasteiger partial charge in [0.05, 0.1) is 0 Å². The zero-order valence-corrected chi connectivity index (χ0v) is 13.1. The number of nitrogens with one attached hydrogen (secondary N) is 2. The molecule has 0 radical (unpaired) electrons. The summed E-state index contributed by atoms with van der Waals surface area (Å²) in [6, 6.07) is 9.24. The molecule has 2 N–H and O–H groups in total. The topological polar surface area (TPSA) is 93.7 Å². The predicted octanol–water partition coefficient (Wildman–Crippen LogP) is 1.35. The van der Waals surface area contributed by atoms with Crippen LogP contribution in [0.5, 0.6) is 0 Å². The van der Waals surface area contributed by atoms with E-state index in [0.717, 1.165) is 18.4 Å². The quantitative estimate of drug-likeness (QED) is 0.356. The minimum absolute atomic E-state index is 0.0581. The van der Waals surface area contributed by atoms with E-state index in [0.29, 0.717) is 0 Å². The number of hydrogen-bond donors (Lipinski definition) is 2. The van der Waals surface area contributed by atoms with Gasteiger partial charge in [-0.25, -0.2) is 4.79 Å². The minimum atomic E-state index is -0.880. The molecule has 1 saturated carbocycles. The van der Waals surface area contributed by atoms with Crippen LogP contribution in [0.25, 0.3) is 0 Å². The van der Waals surface area contributed by atoms with Crippen LogP contribution in [0.15, 0.2) is 30.3 Å². The summed E-state index contributed by atoms with van der Waals surface area (Å²) in [7, 11) is 0. The molecule has 7 nitrogen and oxygen atoms in total. The number of hydrogen-bond acceptors (Lipinski definition) is 6. The second-order valence-corrected chi connectivity index (χ2v) is 5.79. The molecule has 1 aliphatic rings. The summed E-state index contributed by atoms with van der Waals surface area (Å²) < 4.78 is 5.37. The van der Waals surface area contributed by atoms with Crippen LogP contribution < -0.4 is 10.8 Å². The fourth-order valence-electron chi connectivity index (χ4n) is 1.91. The number of esters is 1. The fourth-order valence-corrected chi connectivity index (χ4v) is 1.91. The second kappa shape index (κ2) is 7.23. The van der Waals surface area contributed by atoms with Gasteiger partial charge in [-0.15, -0.1) is 0 Å². The molecule has 0 bridgehead atoms. The highest BCUT2D eigenvalue weighted by atomic mass is 16.7. The van der Waals surface area contributed by atoms with Gasteiger partial charge in [-0.3, -0.25) is 14.9 Å². The summed E-state index contributed by atoms with van der Waals surface area (Å²) in [6.07, 6.45) is 0.781. The van der Waals surface area contributed by atoms with Crippen molar-refractivity contribution in [1.29, 1.82) is 0 Å². The van der Waals surface area contributed by atoms with Crippen molar-refractivity contribution >= 4 is 17.8 Å². The molecule has 0 heterocycles. The Morgan fingerprint density at radius 1 is 1.17 bits per heavy atom. The lowest BCUT2D eigenvalue weighted by Gasteiger charge is -2.23. The van der Waals surface area contributed by atoms with E-state index in [1.54, 1.807) is 0 Å². The molecule has 1 aliphatic carbocycles.